The molecule has 0 atom stereocenters. The summed E-state index contributed by atoms with van der Waals surface area (Å²) in [4.78, 5) is 5.53. The van der Waals surface area contributed by atoms with E-state index in [9.17, 15) is 0 Å². The van der Waals surface area contributed by atoms with Gasteiger partial charge in [-0.25, -0.2) is 5.48 Å². The number of hydrogen-bond acceptors (Lipinski definition) is 2. The first kappa shape index (κ1) is 11.5. The first-order valence-corrected chi connectivity index (χ1v) is 6.44. The molecule has 0 spiro atoms. The van der Waals surface area contributed by atoms with Crippen molar-refractivity contribution in [2.45, 2.75) is 12.8 Å². The third-order valence-corrected chi connectivity index (χ3v) is 3.46. The van der Waals surface area contributed by atoms with E-state index in [1.807, 2.05) is 6.92 Å². The Bertz CT molecular complexity index is 505. The quantitative estimate of drug-likeness (QED) is 0.652. The number of fused-ring (bicyclic) bond motifs is 3. The van der Waals surface area contributed by atoms with E-state index in [2.05, 4.69) is 54.0 Å². The summed E-state index contributed by atoms with van der Waals surface area (Å²) in [6.45, 7) is 3.55. The third kappa shape index (κ3) is 1.84. The van der Waals surface area contributed by atoms with Gasteiger partial charge in [0.2, 0.25) is 0 Å². The van der Waals surface area contributed by atoms with Crippen molar-refractivity contribution in [1.82, 2.24) is 5.48 Å². The lowest BCUT2D eigenvalue weighted by atomic mass is 9.98. The minimum absolute atomic E-state index is 0.344. The molecule has 92 valence electrons. The summed E-state index contributed by atoms with van der Waals surface area (Å²) in [5, 5.41) is 0. The second-order valence-electron chi connectivity index (χ2n) is 4.54. The largest absolute Gasteiger partial charge is 0.301 e. The van der Waals surface area contributed by atoms with Gasteiger partial charge in [-0.15, -0.1) is 0 Å². The maximum atomic E-state index is 5.53. The van der Waals surface area contributed by atoms with Crippen molar-refractivity contribution in [3.63, 3.8) is 0 Å². The van der Waals surface area contributed by atoms with Crippen LogP contribution in [0.15, 0.2) is 48.5 Å². The summed E-state index contributed by atoms with van der Waals surface area (Å²) >= 11 is 0. The van der Waals surface area contributed by atoms with E-state index in [1.54, 1.807) is 0 Å². The molecule has 0 aliphatic heterocycles. The van der Waals surface area contributed by atoms with Gasteiger partial charge in [0.25, 0.3) is 0 Å². The smallest absolute Gasteiger partial charge is 0.0791 e. The number of benzene rings is 2. The van der Waals surface area contributed by atoms with Crippen LogP contribution in [0.5, 0.6) is 0 Å². The van der Waals surface area contributed by atoms with Gasteiger partial charge in [0.05, 0.1) is 6.61 Å². The molecule has 0 unspecified atom stereocenters. The first-order chi connectivity index (χ1) is 8.92. The zero-order chi connectivity index (χ0) is 12.4. The van der Waals surface area contributed by atoms with Crippen LogP contribution in [0.25, 0.3) is 11.1 Å². The maximum Gasteiger partial charge on any atom is 0.0791 e. The maximum absolute atomic E-state index is 5.53. The zero-order valence-electron chi connectivity index (χ0n) is 10.5. The van der Waals surface area contributed by atoms with Crippen LogP contribution in [-0.2, 0) is 4.84 Å². The van der Waals surface area contributed by atoms with Crippen LogP contribution in [-0.4, -0.2) is 13.2 Å². The first-order valence-electron chi connectivity index (χ1n) is 6.44. The fourth-order valence-electron chi connectivity index (χ4n) is 2.68. The standard InChI is InChI=1S/C16H17NO/c1-2-17-18-11-16-14-9-5-3-7-12(14)13-8-4-6-10-15(13)16/h3-10,16-17H,2,11H2,1H3. The highest BCUT2D eigenvalue weighted by molar-refractivity contribution is 5.78. The van der Waals surface area contributed by atoms with Crippen molar-refractivity contribution in [3.8, 4) is 11.1 Å². The van der Waals surface area contributed by atoms with Gasteiger partial charge in [-0.2, -0.15) is 0 Å². The number of hydroxylamine groups is 1. The molecule has 1 N–H and O–H groups in total. The van der Waals surface area contributed by atoms with Gasteiger partial charge < -0.3 is 4.84 Å². The lowest BCUT2D eigenvalue weighted by molar-refractivity contribution is 0.0402. The van der Waals surface area contributed by atoms with Crippen molar-refractivity contribution in [2.75, 3.05) is 13.2 Å². The molecule has 0 aromatic heterocycles. The van der Waals surface area contributed by atoms with Gasteiger partial charge in [0.1, 0.15) is 0 Å². The van der Waals surface area contributed by atoms with Gasteiger partial charge in [-0.05, 0) is 22.3 Å². The minimum atomic E-state index is 0.344. The van der Waals surface area contributed by atoms with Crippen LogP contribution in [0.2, 0.25) is 0 Å². The Balaban J connectivity index is 1.98. The molecule has 3 rings (SSSR count). The van der Waals surface area contributed by atoms with Crippen LogP contribution < -0.4 is 5.48 Å². The second kappa shape index (κ2) is 4.92. The molecule has 0 heterocycles. The van der Waals surface area contributed by atoms with Crippen molar-refractivity contribution >= 4 is 0 Å². The molecule has 2 heteroatoms. The van der Waals surface area contributed by atoms with Gasteiger partial charge in [-0.3, -0.25) is 0 Å². The van der Waals surface area contributed by atoms with E-state index >= 15 is 0 Å². The van der Waals surface area contributed by atoms with E-state index in [-0.39, 0.29) is 0 Å². The van der Waals surface area contributed by atoms with Gasteiger partial charge in [0, 0.05) is 12.5 Å². The summed E-state index contributed by atoms with van der Waals surface area (Å²) < 4.78 is 0. The molecular weight excluding hydrogens is 222 g/mol. The monoisotopic (exact) mass is 239 g/mol. The van der Waals surface area contributed by atoms with Crippen molar-refractivity contribution in [1.29, 1.82) is 0 Å². The highest BCUT2D eigenvalue weighted by atomic mass is 16.6. The number of hydrogen-bond donors (Lipinski definition) is 1. The molecule has 2 nitrogen and oxygen atoms in total. The van der Waals surface area contributed by atoms with Gasteiger partial charge in [-0.1, -0.05) is 55.5 Å². The van der Waals surface area contributed by atoms with E-state index in [4.69, 9.17) is 4.84 Å². The Morgan fingerprint density at radius 1 is 0.944 bits per heavy atom. The third-order valence-electron chi connectivity index (χ3n) is 3.46. The fraction of sp³-hybridized carbons (Fsp3) is 0.250. The molecule has 2 aromatic carbocycles. The lowest BCUT2D eigenvalue weighted by Crippen LogP contribution is -2.18. The van der Waals surface area contributed by atoms with Crippen molar-refractivity contribution < 1.29 is 4.84 Å². The van der Waals surface area contributed by atoms with Gasteiger partial charge in [0.15, 0.2) is 0 Å². The molecule has 2 aromatic rings. The van der Waals surface area contributed by atoms with Crippen molar-refractivity contribution in [2.24, 2.45) is 0 Å². The molecule has 1 aliphatic carbocycles. The predicted molar refractivity (Wildman–Crippen MR) is 73.3 cm³/mol. The molecule has 0 amide bonds. The van der Waals surface area contributed by atoms with Crippen LogP contribution in [0.4, 0.5) is 0 Å². The SMILES string of the molecule is CCNOCC1c2ccccc2-c2ccccc21. The van der Waals surface area contributed by atoms with E-state index < -0.39 is 0 Å². The molecule has 1 aliphatic rings. The van der Waals surface area contributed by atoms with Crippen LogP contribution >= 0.6 is 0 Å². The Kier molecular flexibility index (Phi) is 3.13. The molecule has 0 saturated carbocycles. The average molecular weight is 239 g/mol. The number of nitrogens with one attached hydrogen (secondary N) is 1. The summed E-state index contributed by atoms with van der Waals surface area (Å²) in [6.07, 6.45) is 0. The molecular formula is C16H17NO. The van der Waals surface area contributed by atoms with E-state index in [0.29, 0.717) is 12.5 Å². The van der Waals surface area contributed by atoms with Crippen LogP contribution in [0, 0.1) is 0 Å². The molecule has 0 radical (unpaired) electrons. The Morgan fingerprint density at radius 2 is 1.50 bits per heavy atom. The normalized spacial score (nSPS) is 13.4. The molecule has 0 fully saturated rings. The topological polar surface area (TPSA) is 21.3 Å². The predicted octanol–water partition coefficient (Wildman–Crippen LogP) is 3.34. The Hall–Kier alpha value is -1.64. The average Bonchev–Trinajstić information content (AvgIpc) is 2.74. The zero-order valence-corrected chi connectivity index (χ0v) is 10.5. The highest BCUT2D eigenvalue weighted by Crippen LogP contribution is 2.44. The fourth-order valence-corrected chi connectivity index (χ4v) is 2.68. The summed E-state index contributed by atoms with van der Waals surface area (Å²) in [7, 11) is 0. The summed E-state index contributed by atoms with van der Waals surface area (Å²) in [5.74, 6) is 0.344. The van der Waals surface area contributed by atoms with E-state index in [1.165, 1.54) is 22.3 Å². The van der Waals surface area contributed by atoms with Crippen LogP contribution in [0.3, 0.4) is 0 Å². The Morgan fingerprint density at radius 3 is 2.06 bits per heavy atom. The lowest BCUT2D eigenvalue weighted by Gasteiger charge is -2.13. The molecule has 0 saturated heterocycles. The molecule has 0 bridgehead atoms. The molecule has 18 heavy (non-hydrogen) atoms. The second-order valence-corrected chi connectivity index (χ2v) is 4.54. The van der Waals surface area contributed by atoms with Gasteiger partial charge >= 0.3 is 0 Å². The summed E-state index contributed by atoms with van der Waals surface area (Å²) in [5.41, 5.74) is 8.37. The summed E-state index contributed by atoms with van der Waals surface area (Å²) in [6, 6.07) is 17.2. The number of rotatable bonds is 4. The van der Waals surface area contributed by atoms with Crippen LogP contribution in [0.1, 0.15) is 24.0 Å². The van der Waals surface area contributed by atoms with E-state index in [0.717, 1.165) is 6.54 Å². The Labute approximate surface area is 108 Å². The highest BCUT2D eigenvalue weighted by Gasteiger charge is 2.27. The van der Waals surface area contributed by atoms with Crippen molar-refractivity contribution in [3.05, 3.63) is 59.7 Å². The minimum Gasteiger partial charge on any atom is -0.301 e.